The number of carboxylic acid groups (broad SMARTS) is 1. The maximum absolute atomic E-state index is 12.1. The van der Waals surface area contributed by atoms with Crippen molar-refractivity contribution in [3.63, 3.8) is 0 Å². The largest absolute Gasteiger partial charge is 0.497 e. The van der Waals surface area contributed by atoms with Gasteiger partial charge in [-0.25, -0.2) is 4.79 Å². The average molecular weight is 298 g/mol. The summed E-state index contributed by atoms with van der Waals surface area (Å²) in [6.45, 7) is 0. The monoisotopic (exact) mass is 298 g/mol. The summed E-state index contributed by atoms with van der Waals surface area (Å²) in [5, 5.41) is 9.59. The van der Waals surface area contributed by atoms with Crippen molar-refractivity contribution in [2.75, 3.05) is 7.11 Å². The zero-order valence-electron chi connectivity index (χ0n) is 11.9. The molecule has 0 bridgehead atoms. The number of fused-ring (bicyclic) bond motifs is 1. The molecule has 0 aliphatic carbocycles. The van der Waals surface area contributed by atoms with E-state index in [-0.39, 0.29) is 0 Å². The zero-order chi connectivity index (χ0) is 15.7. The van der Waals surface area contributed by atoms with Crippen molar-refractivity contribution in [1.82, 2.24) is 0 Å². The number of hydrogen-bond donors (Lipinski definition) is 1. The van der Waals surface area contributed by atoms with Gasteiger partial charge in [0.1, 0.15) is 17.8 Å². The van der Waals surface area contributed by atoms with Crippen LogP contribution in [0.4, 0.5) is 0 Å². The van der Waals surface area contributed by atoms with Crippen LogP contribution in [0.2, 0.25) is 0 Å². The molecule has 2 atom stereocenters. The lowest BCUT2D eigenvalue weighted by Gasteiger charge is -2.30. The number of carboxylic acids is 1. The van der Waals surface area contributed by atoms with E-state index in [0.29, 0.717) is 22.4 Å². The molecule has 1 N–H and O–H groups in total. The number of carbonyl (C=O) groups excluding carboxylic acids is 1. The highest BCUT2D eigenvalue weighted by Crippen LogP contribution is 2.41. The molecule has 2 aromatic rings. The minimum Gasteiger partial charge on any atom is -0.497 e. The smallest absolute Gasteiger partial charge is 0.339 e. The third-order valence-electron chi connectivity index (χ3n) is 3.76. The number of carbonyl (C=O) groups is 2. The van der Waals surface area contributed by atoms with Gasteiger partial charge in [-0.05, 0) is 29.3 Å². The third kappa shape index (κ3) is 2.30. The van der Waals surface area contributed by atoms with Gasteiger partial charge in [-0.2, -0.15) is 0 Å². The van der Waals surface area contributed by atoms with E-state index in [9.17, 15) is 14.7 Å². The molecule has 22 heavy (non-hydrogen) atoms. The van der Waals surface area contributed by atoms with Gasteiger partial charge in [0.2, 0.25) is 0 Å². The Morgan fingerprint density at radius 1 is 1.14 bits per heavy atom. The number of benzene rings is 2. The van der Waals surface area contributed by atoms with Gasteiger partial charge >= 0.3 is 11.9 Å². The standard InChI is InChI=1S/C17H14O5/c1-21-11-8-6-10(7-9-11)15-14(16(18)19)12-4-2-3-5-13(12)17(20)22-15/h2-9,14-15H,1H3,(H,18,19)/t14-,15-/m1/s1. The molecule has 1 aliphatic rings. The Labute approximate surface area is 127 Å². The van der Waals surface area contributed by atoms with Gasteiger partial charge in [-0.15, -0.1) is 0 Å². The first-order valence-corrected chi connectivity index (χ1v) is 6.78. The van der Waals surface area contributed by atoms with Gasteiger partial charge in [0.05, 0.1) is 12.7 Å². The van der Waals surface area contributed by atoms with E-state index in [0.717, 1.165) is 0 Å². The van der Waals surface area contributed by atoms with Crippen LogP contribution in [0, 0.1) is 0 Å². The Bertz CT molecular complexity index is 720. The van der Waals surface area contributed by atoms with Crippen LogP contribution >= 0.6 is 0 Å². The van der Waals surface area contributed by atoms with Gasteiger partial charge in [0, 0.05) is 0 Å². The van der Waals surface area contributed by atoms with Crippen molar-refractivity contribution in [2.24, 2.45) is 0 Å². The summed E-state index contributed by atoms with van der Waals surface area (Å²) in [5.41, 5.74) is 1.41. The number of rotatable bonds is 3. The van der Waals surface area contributed by atoms with Crippen LogP contribution in [0.25, 0.3) is 0 Å². The Kier molecular flexibility index (Phi) is 3.55. The number of hydrogen-bond acceptors (Lipinski definition) is 4. The molecular formula is C17H14O5. The molecule has 0 saturated carbocycles. The Morgan fingerprint density at radius 2 is 1.82 bits per heavy atom. The fourth-order valence-corrected chi connectivity index (χ4v) is 2.68. The molecule has 3 rings (SSSR count). The molecule has 112 valence electrons. The summed E-state index contributed by atoms with van der Waals surface area (Å²) < 4.78 is 10.5. The number of methoxy groups -OCH3 is 1. The first-order valence-electron chi connectivity index (χ1n) is 6.78. The molecule has 0 spiro atoms. The lowest BCUT2D eigenvalue weighted by atomic mass is 9.84. The second-order valence-corrected chi connectivity index (χ2v) is 5.00. The van der Waals surface area contributed by atoms with E-state index in [1.54, 1.807) is 55.6 Å². The van der Waals surface area contributed by atoms with Gasteiger partial charge in [0.25, 0.3) is 0 Å². The Hall–Kier alpha value is -2.82. The molecule has 0 radical (unpaired) electrons. The maximum Gasteiger partial charge on any atom is 0.339 e. The summed E-state index contributed by atoms with van der Waals surface area (Å²) >= 11 is 0. The number of aliphatic carboxylic acids is 1. The van der Waals surface area contributed by atoms with E-state index in [1.165, 1.54) is 0 Å². The van der Waals surface area contributed by atoms with Crippen LogP contribution in [0.5, 0.6) is 5.75 Å². The van der Waals surface area contributed by atoms with Crippen LogP contribution in [0.1, 0.15) is 33.5 Å². The summed E-state index contributed by atoms with van der Waals surface area (Å²) in [5.74, 6) is -1.81. The molecule has 0 amide bonds. The minimum atomic E-state index is -1.03. The van der Waals surface area contributed by atoms with E-state index >= 15 is 0 Å². The van der Waals surface area contributed by atoms with Crippen LogP contribution < -0.4 is 4.74 Å². The van der Waals surface area contributed by atoms with Crippen LogP contribution in [0.3, 0.4) is 0 Å². The quantitative estimate of drug-likeness (QED) is 0.882. The van der Waals surface area contributed by atoms with E-state index in [1.807, 2.05) is 0 Å². The van der Waals surface area contributed by atoms with Gasteiger partial charge < -0.3 is 14.6 Å². The number of esters is 1. The van der Waals surface area contributed by atoms with Crippen molar-refractivity contribution >= 4 is 11.9 Å². The highest BCUT2D eigenvalue weighted by molar-refractivity contribution is 5.96. The summed E-state index contributed by atoms with van der Waals surface area (Å²) in [7, 11) is 1.55. The Balaban J connectivity index is 2.07. The minimum absolute atomic E-state index is 0.305. The van der Waals surface area contributed by atoms with Gasteiger partial charge in [0.15, 0.2) is 0 Å². The lowest BCUT2D eigenvalue weighted by Crippen LogP contribution is -2.31. The van der Waals surface area contributed by atoms with Crippen LogP contribution in [-0.4, -0.2) is 24.2 Å². The van der Waals surface area contributed by atoms with Gasteiger partial charge in [-0.3, -0.25) is 4.79 Å². The normalized spacial score (nSPS) is 20.0. The second-order valence-electron chi connectivity index (χ2n) is 5.00. The SMILES string of the molecule is COc1ccc([C@H]2OC(=O)c3ccccc3[C@H]2C(=O)O)cc1. The summed E-state index contributed by atoms with van der Waals surface area (Å²) in [6, 6.07) is 13.5. The topological polar surface area (TPSA) is 72.8 Å². The zero-order valence-corrected chi connectivity index (χ0v) is 11.9. The number of cyclic esters (lactones) is 1. The third-order valence-corrected chi connectivity index (χ3v) is 3.76. The van der Waals surface area contributed by atoms with E-state index in [2.05, 4.69) is 0 Å². The van der Waals surface area contributed by atoms with Crippen molar-refractivity contribution < 1.29 is 24.2 Å². The highest BCUT2D eigenvalue weighted by atomic mass is 16.5. The molecule has 5 nitrogen and oxygen atoms in total. The maximum atomic E-state index is 12.1. The molecule has 0 aromatic heterocycles. The van der Waals surface area contributed by atoms with Crippen LogP contribution in [0.15, 0.2) is 48.5 Å². The molecule has 5 heteroatoms. The second kappa shape index (κ2) is 5.52. The molecule has 0 unspecified atom stereocenters. The summed E-state index contributed by atoms with van der Waals surface area (Å²) in [6.07, 6.45) is -0.856. The highest BCUT2D eigenvalue weighted by Gasteiger charge is 2.40. The molecule has 1 aliphatic heterocycles. The van der Waals surface area contributed by atoms with Crippen molar-refractivity contribution in [2.45, 2.75) is 12.0 Å². The fourth-order valence-electron chi connectivity index (χ4n) is 2.68. The molecular weight excluding hydrogens is 284 g/mol. The van der Waals surface area contributed by atoms with E-state index < -0.39 is 24.0 Å². The predicted octanol–water partition coefficient (Wildman–Crippen LogP) is 2.78. The van der Waals surface area contributed by atoms with Crippen molar-refractivity contribution in [3.8, 4) is 5.75 Å². The number of ether oxygens (including phenoxy) is 2. The summed E-state index contributed by atoms with van der Waals surface area (Å²) in [4.78, 5) is 23.8. The van der Waals surface area contributed by atoms with Gasteiger partial charge in [-0.1, -0.05) is 30.3 Å². The average Bonchev–Trinajstić information content (AvgIpc) is 2.54. The molecule has 0 fully saturated rings. The van der Waals surface area contributed by atoms with E-state index in [4.69, 9.17) is 9.47 Å². The Morgan fingerprint density at radius 3 is 2.45 bits per heavy atom. The lowest BCUT2D eigenvalue weighted by molar-refractivity contribution is -0.142. The molecule has 1 heterocycles. The predicted molar refractivity (Wildman–Crippen MR) is 78.0 cm³/mol. The van der Waals surface area contributed by atoms with Crippen LogP contribution in [-0.2, 0) is 9.53 Å². The molecule has 0 saturated heterocycles. The van der Waals surface area contributed by atoms with Crippen molar-refractivity contribution in [3.05, 3.63) is 65.2 Å². The van der Waals surface area contributed by atoms with Crippen molar-refractivity contribution in [1.29, 1.82) is 0 Å². The fraction of sp³-hybridized carbons (Fsp3) is 0.176. The molecule has 2 aromatic carbocycles. The first kappa shape index (κ1) is 14.1. The first-order chi connectivity index (χ1) is 10.6.